The van der Waals surface area contributed by atoms with Crippen molar-refractivity contribution in [2.75, 3.05) is 32.7 Å². The highest BCUT2D eigenvalue weighted by atomic mass is 35.5. The number of hydrogen-bond acceptors (Lipinski definition) is 4. The second kappa shape index (κ2) is 11.2. The van der Waals surface area contributed by atoms with Gasteiger partial charge in [-0.05, 0) is 45.2 Å². The number of hydrogen-bond donors (Lipinski definition) is 1. The van der Waals surface area contributed by atoms with Gasteiger partial charge in [-0.2, -0.15) is 0 Å². The molecule has 1 heterocycles. The second-order valence-electron chi connectivity index (χ2n) is 8.39. The van der Waals surface area contributed by atoms with Crippen molar-refractivity contribution < 1.29 is 19.1 Å². The first kappa shape index (κ1) is 24.0. The van der Waals surface area contributed by atoms with Crippen LogP contribution in [0.25, 0.3) is 0 Å². The Hall–Kier alpha value is -2.28. The van der Waals surface area contributed by atoms with Gasteiger partial charge >= 0.3 is 6.09 Å². The normalized spacial score (nSPS) is 14.8. The fraction of sp³-hybridized carbons (Fsp3) is 0.591. The summed E-state index contributed by atoms with van der Waals surface area (Å²) >= 11 is 6.16. The number of nitrogens with zero attached hydrogens (tertiary/aromatic N) is 2. The van der Waals surface area contributed by atoms with E-state index in [0.717, 1.165) is 12.0 Å². The van der Waals surface area contributed by atoms with Crippen LogP contribution in [-0.4, -0.2) is 66.0 Å². The van der Waals surface area contributed by atoms with Gasteiger partial charge in [-0.1, -0.05) is 29.8 Å². The van der Waals surface area contributed by atoms with Crippen molar-refractivity contribution in [3.8, 4) is 0 Å². The number of halogens is 1. The molecule has 166 valence electrons. The number of nitrogens with one attached hydrogen (secondary N) is 1. The first-order chi connectivity index (χ1) is 14.2. The lowest BCUT2D eigenvalue weighted by molar-refractivity contribution is -0.133. The summed E-state index contributed by atoms with van der Waals surface area (Å²) in [5.41, 5.74) is 0.400. The van der Waals surface area contributed by atoms with Gasteiger partial charge in [-0.15, -0.1) is 0 Å². The van der Waals surface area contributed by atoms with Crippen LogP contribution < -0.4 is 5.32 Å². The molecule has 30 heavy (non-hydrogen) atoms. The summed E-state index contributed by atoms with van der Waals surface area (Å²) in [7, 11) is 0. The summed E-state index contributed by atoms with van der Waals surface area (Å²) in [6, 6.07) is 7.55. The van der Waals surface area contributed by atoms with Gasteiger partial charge in [0.25, 0.3) is 0 Å². The molecule has 1 fully saturated rings. The molecule has 7 nitrogen and oxygen atoms in total. The Kier molecular flexibility index (Phi) is 8.96. The van der Waals surface area contributed by atoms with Gasteiger partial charge in [-0.25, -0.2) is 4.79 Å². The van der Waals surface area contributed by atoms with E-state index >= 15 is 0 Å². The van der Waals surface area contributed by atoms with E-state index in [-0.39, 0.29) is 24.8 Å². The van der Waals surface area contributed by atoms with Crippen LogP contribution in [0.1, 0.15) is 45.6 Å². The maximum atomic E-state index is 12.6. The lowest BCUT2D eigenvalue weighted by atomic mass is 10.1. The molecule has 0 radical (unpaired) electrons. The Morgan fingerprint density at radius 2 is 1.60 bits per heavy atom. The van der Waals surface area contributed by atoms with Gasteiger partial charge < -0.3 is 19.9 Å². The highest BCUT2D eigenvalue weighted by Gasteiger charge is 2.22. The van der Waals surface area contributed by atoms with Crippen LogP contribution in [0.3, 0.4) is 0 Å². The quantitative estimate of drug-likeness (QED) is 0.740. The van der Waals surface area contributed by atoms with E-state index in [1.54, 1.807) is 25.7 Å². The van der Waals surface area contributed by atoms with Crippen molar-refractivity contribution in [3.05, 3.63) is 34.9 Å². The summed E-state index contributed by atoms with van der Waals surface area (Å²) in [6.07, 6.45) is 1.43. The Balaban J connectivity index is 1.73. The third kappa shape index (κ3) is 8.22. The molecule has 0 unspecified atom stereocenters. The van der Waals surface area contributed by atoms with E-state index in [9.17, 15) is 14.4 Å². The van der Waals surface area contributed by atoms with Crippen LogP contribution >= 0.6 is 11.6 Å². The minimum atomic E-state index is -0.569. The number of amides is 3. The van der Waals surface area contributed by atoms with Crippen LogP contribution in [-0.2, 0) is 20.7 Å². The molecule has 0 aromatic heterocycles. The van der Waals surface area contributed by atoms with Crippen molar-refractivity contribution in [1.29, 1.82) is 0 Å². The molecule has 0 saturated carbocycles. The van der Waals surface area contributed by atoms with Gasteiger partial charge in [0, 0.05) is 50.6 Å². The fourth-order valence-electron chi connectivity index (χ4n) is 3.26. The number of ether oxygens (including phenoxy) is 1. The molecule has 1 aromatic carbocycles. The molecule has 2 rings (SSSR count). The molecule has 0 bridgehead atoms. The molecule has 0 aliphatic carbocycles. The SMILES string of the molecule is CC(C)(C)OC(=O)NCCC(=O)N1CCCN(C(=O)CCc2ccccc2Cl)CC1. The van der Waals surface area contributed by atoms with Crippen molar-refractivity contribution in [1.82, 2.24) is 15.1 Å². The third-order valence-electron chi connectivity index (χ3n) is 4.77. The molecule has 1 aliphatic heterocycles. The third-order valence-corrected chi connectivity index (χ3v) is 5.14. The molecule has 1 aromatic rings. The van der Waals surface area contributed by atoms with E-state index in [1.807, 2.05) is 29.2 Å². The fourth-order valence-corrected chi connectivity index (χ4v) is 3.49. The maximum Gasteiger partial charge on any atom is 0.407 e. The smallest absolute Gasteiger partial charge is 0.407 e. The summed E-state index contributed by atoms with van der Waals surface area (Å²) in [6.45, 7) is 7.87. The lowest BCUT2D eigenvalue weighted by Gasteiger charge is -2.23. The number of benzene rings is 1. The van der Waals surface area contributed by atoms with E-state index in [0.29, 0.717) is 44.0 Å². The predicted octanol–water partition coefficient (Wildman–Crippen LogP) is 3.25. The zero-order chi connectivity index (χ0) is 22.1. The minimum absolute atomic E-state index is 0.0311. The van der Waals surface area contributed by atoms with Gasteiger partial charge in [0.05, 0.1) is 0 Å². The molecule has 0 atom stereocenters. The first-order valence-corrected chi connectivity index (χ1v) is 10.8. The average Bonchev–Trinajstić information content (AvgIpc) is 2.92. The Morgan fingerprint density at radius 3 is 2.20 bits per heavy atom. The molecule has 8 heteroatoms. The maximum absolute atomic E-state index is 12.6. The van der Waals surface area contributed by atoms with Crippen molar-refractivity contribution in [3.63, 3.8) is 0 Å². The molecule has 0 spiro atoms. The highest BCUT2D eigenvalue weighted by Crippen LogP contribution is 2.17. The van der Waals surface area contributed by atoms with Crippen molar-refractivity contribution in [2.45, 2.75) is 52.1 Å². The predicted molar refractivity (Wildman–Crippen MR) is 116 cm³/mol. The highest BCUT2D eigenvalue weighted by molar-refractivity contribution is 6.31. The number of carbonyl (C=O) groups excluding carboxylic acids is 3. The molecule has 1 N–H and O–H groups in total. The second-order valence-corrected chi connectivity index (χ2v) is 8.79. The molecule has 3 amide bonds. The monoisotopic (exact) mass is 437 g/mol. The van der Waals surface area contributed by atoms with Crippen LogP contribution in [0.2, 0.25) is 5.02 Å². The number of rotatable bonds is 6. The standard InChI is InChI=1S/C22H32ClN3O4/c1-22(2,3)30-21(29)24-12-11-20(28)26-14-6-13-25(15-16-26)19(27)10-9-17-7-4-5-8-18(17)23/h4-5,7-8H,6,9-16H2,1-3H3,(H,24,29). The first-order valence-electron chi connectivity index (χ1n) is 10.4. The summed E-state index contributed by atoms with van der Waals surface area (Å²) in [5.74, 6) is 0.0484. The number of carbonyl (C=O) groups is 3. The van der Waals surface area contributed by atoms with Crippen molar-refractivity contribution >= 4 is 29.5 Å². The van der Waals surface area contributed by atoms with Gasteiger partial charge in [0.1, 0.15) is 5.60 Å². The zero-order valence-corrected chi connectivity index (χ0v) is 18.8. The number of aryl methyl sites for hydroxylation is 1. The topological polar surface area (TPSA) is 79.0 Å². The largest absolute Gasteiger partial charge is 0.444 e. The van der Waals surface area contributed by atoms with Crippen LogP contribution in [0.15, 0.2) is 24.3 Å². The zero-order valence-electron chi connectivity index (χ0n) is 18.1. The van der Waals surface area contributed by atoms with Gasteiger partial charge in [0.15, 0.2) is 0 Å². The lowest BCUT2D eigenvalue weighted by Crippen LogP contribution is -2.39. The Morgan fingerprint density at radius 1 is 1.00 bits per heavy atom. The van der Waals surface area contributed by atoms with Crippen LogP contribution in [0, 0.1) is 0 Å². The van der Waals surface area contributed by atoms with E-state index < -0.39 is 11.7 Å². The minimum Gasteiger partial charge on any atom is -0.444 e. The summed E-state index contributed by atoms with van der Waals surface area (Å²) < 4.78 is 5.16. The Bertz CT molecular complexity index is 748. The van der Waals surface area contributed by atoms with E-state index in [2.05, 4.69) is 5.32 Å². The van der Waals surface area contributed by atoms with E-state index in [4.69, 9.17) is 16.3 Å². The molecule has 1 aliphatic rings. The van der Waals surface area contributed by atoms with E-state index in [1.165, 1.54) is 0 Å². The average molecular weight is 438 g/mol. The van der Waals surface area contributed by atoms with Crippen molar-refractivity contribution in [2.24, 2.45) is 0 Å². The number of alkyl carbamates (subject to hydrolysis) is 1. The summed E-state index contributed by atoms with van der Waals surface area (Å²) in [4.78, 5) is 40.3. The van der Waals surface area contributed by atoms with Crippen LogP contribution in [0.4, 0.5) is 4.79 Å². The van der Waals surface area contributed by atoms with Gasteiger partial charge in [0.2, 0.25) is 11.8 Å². The molecular formula is C22H32ClN3O4. The summed E-state index contributed by atoms with van der Waals surface area (Å²) in [5, 5.41) is 3.28. The molecule has 1 saturated heterocycles. The van der Waals surface area contributed by atoms with Crippen LogP contribution in [0.5, 0.6) is 0 Å². The van der Waals surface area contributed by atoms with Gasteiger partial charge in [-0.3, -0.25) is 9.59 Å². The Labute approximate surface area is 183 Å². The molecular weight excluding hydrogens is 406 g/mol.